The van der Waals surface area contributed by atoms with Gasteiger partial charge in [-0.1, -0.05) is 51.3 Å². The Morgan fingerprint density at radius 2 is 1.33 bits per heavy atom. The Labute approximate surface area is 268 Å². The van der Waals surface area contributed by atoms with Crippen LogP contribution in [0.2, 0.25) is 10.0 Å². The molecule has 0 saturated carbocycles. The van der Waals surface area contributed by atoms with Gasteiger partial charge < -0.3 is 18.9 Å². The number of carbonyl (C=O) groups excluding carboxylic acids is 3. The maximum atomic E-state index is 13.5. The number of rotatable bonds is 5. The highest BCUT2D eigenvalue weighted by Gasteiger charge is 2.54. The second-order valence-corrected chi connectivity index (χ2v) is 14.3. The number of carbonyl (C=O) groups is 3. The molecule has 0 fully saturated rings. The van der Waals surface area contributed by atoms with Gasteiger partial charge in [0.2, 0.25) is 0 Å². The summed E-state index contributed by atoms with van der Waals surface area (Å²) in [6, 6.07) is 11.8. The number of ether oxygens (including phenoxy) is 4. The lowest BCUT2D eigenvalue weighted by atomic mass is 9.77. The maximum absolute atomic E-state index is 13.5. The standard InChI is InChI=1S/C33H31BrCl2O7/c1-31(2,3)29(38)41-26-15-24-20(13-22(26)35)33(19-10-9-17(8-7-11-34)12-18(19)28(37)43-33)21-14-23(36)27(16-25(21)40-24)42-30(39)32(4,5)6/h9-10,12-16H,7-8,11H2,1-6H3. The highest BCUT2D eigenvalue weighted by molar-refractivity contribution is 9.09. The molecule has 43 heavy (non-hydrogen) atoms. The van der Waals surface area contributed by atoms with Crippen LogP contribution >= 0.6 is 39.1 Å². The second-order valence-electron chi connectivity index (χ2n) is 12.7. The van der Waals surface area contributed by atoms with E-state index in [0.29, 0.717) is 22.3 Å². The minimum absolute atomic E-state index is 0.0851. The molecule has 0 radical (unpaired) electrons. The predicted octanol–water partition coefficient (Wildman–Crippen LogP) is 8.79. The largest absolute Gasteiger partial charge is 0.456 e. The SMILES string of the molecule is CC(C)(C)C(=O)Oc1cc2c(cc1Cl)C1(OC(=O)c3cc(CCCBr)ccc31)c1cc(Cl)c(OC(=O)C(C)(C)C)cc1O2. The highest BCUT2D eigenvalue weighted by atomic mass is 79.9. The zero-order valence-electron chi connectivity index (χ0n) is 24.7. The first kappa shape index (κ1) is 31.4. The fourth-order valence-corrected chi connectivity index (χ4v) is 5.54. The Kier molecular flexibility index (Phi) is 8.12. The zero-order chi connectivity index (χ0) is 31.5. The van der Waals surface area contributed by atoms with E-state index in [1.165, 1.54) is 12.1 Å². The van der Waals surface area contributed by atoms with Crippen molar-refractivity contribution in [3.8, 4) is 23.0 Å². The van der Waals surface area contributed by atoms with Crippen molar-refractivity contribution in [2.24, 2.45) is 10.8 Å². The first-order chi connectivity index (χ1) is 20.1. The van der Waals surface area contributed by atoms with Gasteiger partial charge in [-0.05, 0) is 78.1 Å². The Morgan fingerprint density at radius 3 is 1.79 bits per heavy atom. The minimum atomic E-state index is -1.49. The topological polar surface area (TPSA) is 88.1 Å². The lowest BCUT2D eigenvalue weighted by Crippen LogP contribution is -2.33. The summed E-state index contributed by atoms with van der Waals surface area (Å²) in [5, 5.41) is 1.09. The lowest BCUT2D eigenvalue weighted by molar-refractivity contribution is -0.143. The van der Waals surface area contributed by atoms with Crippen LogP contribution in [0, 0.1) is 10.8 Å². The molecular weight excluding hydrogens is 659 g/mol. The van der Waals surface area contributed by atoms with Gasteiger partial charge in [0.1, 0.15) is 11.5 Å². The third-order valence-corrected chi connectivity index (χ3v) is 8.36. The van der Waals surface area contributed by atoms with Crippen molar-refractivity contribution < 1.29 is 33.3 Å². The van der Waals surface area contributed by atoms with E-state index in [9.17, 15) is 14.4 Å². The van der Waals surface area contributed by atoms with Crippen molar-refractivity contribution in [2.75, 3.05) is 5.33 Å². The molecule has 0 N–H and O–H groups in total. The number of esters is 3. The smallest absolute Gasteiger partial charge is 0.340 e. The van der Waals surface area contributed by atoms with Crippen molar-refractivity contribution in [3.05, 3.63) is 80.3 Å². The van der Waals surface area contributed by atoms with Crippen LogP contribution in [0.25, 0.3) is 0 Å². The van der Waals surface area contributed by atoms with E-state index in [-0.39, 0.29) is 33.0 Å². The predicted molar refractivity (Wildman–Crippen MR) is 167 cm³/mol. The molecular formula is C33H31BrCl2O7. The van der Waals surface area contributed by atoms with E-state index in [1.54, 1.807) is 53.7 Å². The molecule has 0 saturated heterocycles. The van der Waals surface area contributed by atoms with Crippen molar-refractivity contribution in [1.82, 2.24) is 0 Å². The first-order valence-electron chi connectivity index (χ1n) is 13.8. The summed E-state index contributed by atoms with van der Waals surface area (Å²) in [5.74, 6) is -0.840. The first-order valence-corrected chi connectivity index (χ1v) is 15.7. The van der Waals surface area contributed by atoms with Crippen molar-refractivity contribution >= 4 is 57.0 Å². The average Bonchev–Trinajstić information content (AvgIpc) is 3.20. The second kappa shape index (κ2) is 11.1. The van der Waals surface area contributed by atoms with Crippen LogP contribution in [0.4, 0.5) is 0 Å². The van der Waals surface area contributed by atoms with E-state index in [2.05, 4.69) is 15.9 Å². The van der Waals surface area contributed by atoms with Crippen LogP contribution in [0.3, 0.4) is 0 Å². The van der Waals surface area contributed by atoms with Crippen molar-refractivity contribution in [2.45, 2.75) is 60.0 Å². The quantitative estimate of drug-likeness (QED) is 0.150. The molecule has 2 aliphatic rings. The Balaban J connectivity index is 1.72. The zero-order valence-corrected chi connectivity index (χ0v) is 27.8. The molecule has 0 bridgehead atoms. The average molecular weight is 690 g/mol. The third-order valence-electron chi connectivity index (χ3n) is 7.20. The van der Waals surface area contributed by atoms with Gasteiger partial charge in [0.05, 0.1) is 26.4 Å². The molecule has 2 aliphatic heterocycles. The maximum Gasteiger partial charge on any atom is 0.340 e. The van der Waals surface area contributed by atoms with E-state index in [4.69, 9.17) is 42.1 Å². The monoisotopic (exact) mass is 688 g/mol. The van der Waals surface area contributed by atoms with E-state index < -0.39 is 34.3 Å². The molecule has 5 rings (SSSR count). The molecule has 0 atom stereocenters. The molecule has 0 amide bonds. The van der Waals surface area contributed by atoms with Gasteiger partial charge in [-0.15, -0.1) is 0 Å². The van der Waals surface area contributed by atoms with Crippen LogP contribution in [0.1, 0.15) is 80.6 Å². The summed E-state index contributed by atoms with van der Waals surface area (Å²) < 4.78 is 23.9. The Bertz CT molecular complexity index is 1580. The van der Waals surface area contributed by atoms with Crippen LogP contribution in [-0.2, 0) is 26.3 Å². The molecule has 3 aromatic carbocycles. The summed E-state index contributed by atoms with van der Waals surface area (Å²) in [6.07, 6.45) is 1.67. The molecule has 0 aromatic heterocycles. The van der Waals surface area contributed by atoms with E-state index in [1.807, 2.05) is 18.2 Å². The van der Waals surface area contributed by atoms with Gasteiger partial charge in [-0.25, -0.2) is 4.79 Å². The summed E-state index contributed by atoms with van der Waals surface area (Å²) in [7, 11) is 0. The molecule has 3 aromatic rings. The van der Waals surface area contributed by atoms with Crippen LogP contribution in [-0.4, -0.2) is 23.2 Å². The fraction of sp³-hybridized carbons (Fsp3) is 0.364. The number of hydrogen-bond acceptors (Lipinski definition) is 7. The van der Waals surface area contributed by atoms with Gasteiger partial charge in [0.15, 0.2) is 17.1 Å². The molecule has 7 nitrogen and oxygen atoms in total. The number of hydrogen-bond donors (Lipinski definition) is 0. The highest BCUT2D eigenvalue weighted by Crippen LogP contribution is 2.59. The van der Waals surface area contributed by atoms with Crippen LogP contribution < -0.4 is 14.2 Å². The number of alkyl halides is 1. The minimum Gasteiger partial charge on any atom is -0.456 e. The molecule has 10 heteroatoms. The van der Waals surface area contributed by atoms with Gasteiger partial charge in [0.25, 0.3) is 0 Å². The summed E-state index contributed by atoms with van der Waals surface area (Å²) in [5.41, 5.74) is -0.236. The Hall–Kier alpha value is -3.07. The van der Waals surface area contributed by atoms with Crippen LogP contribution in [0.15, 0.2) is 42.5 Å². The summed E-state index contributed by atoms with van der Waals surface area (Å²) in [6.45, 7) is 10.4. The lowest BCUT2D eigenvalue weighted by Gasteiger charge is -2.37. The third kappa shape index (κ3) is 5.65. The molecule has 226 valence electrons. The fourth-order valence-electron chi connectivity index (χ4n) is 4.86. The van der Waals surface area contributed by atoms with Gasteiger partial charge in [0, 0.05) is 34.2 Å². The van der Waals surface area contributed by atoms with Gasteiger partial charge >= 0.3 is 17.9 Å². The normalized spacial score (nSPS) is 14.8. The number of aryl methyl sites for hydroxylation is 1. The molecule has 0 aliphatic carbocycles. The number of halogens is 3. The molecule has 0 unspecified atom stereocenters. The Morgan fingerprint density at radius 1 is 0.814 bits per heavy atom. The number of fused-ring (bicyclic) bond motifs is 6. The van der Waals surface area contributed by atoms with Crippen molar-refractivity contribution in [1.29, 1.82) is 0 Å². The summed E-state index contributed by atoms with van der Waals surface area (Å²) in [4.78, 5) is 39.0. The number of benzene rings is 3. The van der Waals surface area contributed by atoms with Gasteiger partial charge in [-0.2, -0.15) is 0 Å². The van der Waals surface area contributed by atoms with Crippen LogP contribution in [0.5, 0.6) is 23.0 Å². The van der Waals surface area contributed by atoms with E-state index in [0.717, 1.165) is 23.7 Å². The molecule has 2 heterocycles. The van der Waals surface area contributed by atoms with Gasteiger partial charge in [-0.3, -0.25) is 9.59 Å². The van der Waals surface area contributed by atoms with E-state index >= 15 is 0 Å². The summed E-state index contributed by atoms with van der Waals surface area (Å²) >= 11 is 16.8. The molecule has 1 spiro atoms. The van der Waals surface area contributed by atoms with Crippen molar-refractivity contribution in [3.63, 3.8) is 0 Å².